The third-order valence-electron chi connectivity index (χ3n) is 2.51. The lowest BCUT2D eigenvalue weighted by molar-refractivity contribution is 0.275. The van der Waals surface area contributed by atoms with Gasteiger partial charge in [0.05, 0.1) is 5.75 Å². The molecule has 0 unspecified atom stereocenters. The van der Waals surface area contributed by atoms with Crippen LogP contribution < -0.4 is 4.74 Å². The summed E-state index contributed by atoms with van der Waals surface area (Å²) in [6, 6.07) is 6.00. The molecular formula is C12H17ClFNO3S. The first-order valence-corrected chi connectivity index (χ1v) is 7.99. The van der Waals surface area contributed by atoms with Gasteiger partial charge < -0.3 is 4.74 Å². The fourth-order valence-electron chi connectivity index (χ4n) is 1.38. The molecule has 7 heteroatoms. The van der Waals surface area contributed by atoms with Crippen molar-refractivity contribution in [3.8, 4) is 5.75 Å². The molecular weight excluding hydrogens is 293 g/mol. The normalized spacial score (nSPS) is 11.8. The van der Waals surface area contributed by atoms with E-state index in [1.165, 1.54) is 23.5 Å². The van der Waals surface area contributed by atoms with Crippen LogP contribution in [0.2, 0.25) is 0 Å². The molecule has 0 atom stereocenters. The number of hydrogen-bond donors (Lipinski definition) is 0. The number of ether oxygens (including phenoxy) is 1. The Morgan fingerprint density at radius 2 is 2.05 bits per heavy atom. The van der Waals surface area contributed by atoms with E-state index in [4.69, 9.17) is 16.3 Å². The van der Waals surface area contributed by atoms with Crippen LogP contribution >= 0.6 is 11.6 Å². The average molecular weight is 310 g/mol. The number of alkyl halides is 1. The SMILES string of the molecule is CN(CCOc1ccccc1F)S(=O)(=O)CCCCl. The Balaban J connectivity index is 2.43. The molecule has 0 fully saturated rings. The summed E-state index contributed by atoms with van der Waals surface area (Å²) >= 11 is 5.46. The van der Waals surface area contributed by atoms with Crippen molar-refractivity contribution in [2.75, 3.05) is 31.8 Å². The zero-order valence-electron chi connectivity index (χ0n) is 10.7. The predicted octanol–water partition coefficient (Wildman–Crippen LogP) is 2.09. The first-order chi connectivity index (χ1) is 8.97. The molecule has 1 rings (SSSR count). The van der Waals surface area contributed by atoms with Gasteiger partial charge in [-0.15, -0.1) is 11.6 Å². The minimum Gasteiger partial charge on any atom is -0.489 e. The number of likely N-dealkylation sites (N-methyl/N-ethyl adjacent to an activating group) is 1. The second-order valence-electron chi connectivity index (χ2n) is 3.96. The Kier molecular flexibility index (Phi) is 6.54. The van der Waals surface area contributed by atoms with Crippen LogP contribution in [0.15, 0.2) is 24.3 Å². The maximum absolute atomic E-state index is 13.2. The quantitative estimate of drug-likeness (QED) is 0.691. The Hall–Kier alpha value is -0.850. The number of para-hydroxylation sites is 1. The van der Waals surface area contributed by atoms with Crippen molar-refractivity contribution in [2.24, 2.45) is 0 Å². The summed E-state index contributed by atoms with van der Waals surface area (Å²) < 4.78 is 43.1. The number of halogens is 2. The van der Waals surface area contributed by atoms with Gasteiger partial charge in [0.1, 0.15) is 6.61 Å². The molecule has 108 valence electrons. The number of benzene rings is 1. The van der Waals surface area contributed by atoms with Crippen LogP contribution in [0, 0.1) is 5.82 Å². The monoisotopic (exact) mass is 309 g/mol. The second-order valence-corrected chi connectivity index (χ2v) is 6.53. The van der Waals surface area contributed by atoms with E-state index >= 15 is 0 Å². The van der Waals surface area contributed by atoms with Crippen molar-refractivity contribution in [2.45, 2.75) is 6.42 Å². The third kappa shape index (κ3) is 5.34. The van der Waals surface area contributed by atoms with Crippen LogP contribution in [-0.2, 0) is 10.0 Å². The molecule has 0 amide bonds. The van der Waals surface area contributed by atoms with E-state index in [1.807, 2.05) is 0 Å². The molecule has 0 spiro atoms. The zero-order chi connectivity index (χ0) is 14.3. The summed E-state index contributed by atoms with van der Waals surface area (Å²) in [5.74, 6) is -0.0323. The summed E-state index contributed by atoms with van der Waals surface area (Å²) in [4.78, 5) is 0. The van der Waals surface area contributed by atoms with Gasteiger partial charge in [0.25, 0.3) is 0 Å². The van der Waals surface area contributed by atoms with Crippen molar-refractivity contribution >= 4 is 21.6 Å². The molecule has 0 aliphatic rings. The number of nitrogens with zero attached hydrogens (tertiary/aromatic N) is 1. The lowest BCUT2D eigenvalue weighted by atomic mass is 10.3. The van der Waals surface area contributed by atoms with Crippen LogP contribution in [0.25, 0.3) is 0 Å². The lowest BCUT2D eigenvalue weighted by Gasteiger charge is -2.17. The standard InChI is InChI=1S/C12H17ClFNO3S/c1-15(19(16,17)10-4-7-13)8-9-18-12-6-3-2-5-11(12)14/h2-3,5-6H,4,7-10H2,1H3. The summed E-state index contributed by atoms with van der Waals surface area (Å²) in [6.45, 7) is 0.260. The summed E-state index contributed by atoms with van der Waals surface area (Å²) in [6.07, 6.45) is 0.405. The highest BCUT2D eigenvalue weighted by molar-refractivity contribution is 7.89. The maximum Gasteiger partial charge on any atom is 0.214 e. The third-order valence-corrected chi connectivity index (χ3v) is 4.72. The Bertz CT molecular complexity index is 496. The van der Waals surface area contributed by atoms with Crippen molar-refractivity contribution in [1.29, 1.82) is 0 Å². The van der Waals surface area contributed by atoms with Gasteiger partial charge in [0.2, 0.25) is 10.0 Å². The maximum atomic E-state index is 13.2. The second kappa shape index (κ2) is 7.67. The van der Waals surface area contributed by atoms with Gasteiger partial charge in [-0.2, -0.15) is 0 Å². The number of hydrogen-bond acceptors (Lipinski definition) is 3. The molecule has 0 heterocycles. The van der Waals surface area contributed by atoms with Crippen molar-refractivity contribution in [3.63, 3.8) is 0 Å². The van der Waals surface area contributed by atoms with Gasteiger partial charge in [-0.25, -0.2) is 17.1 Å². The lowest BCUT2D eigenvalue weighted by Crippen LogP contribution is -2.33. The fraction of sp³-hybridized carbons (Fsp3) is 0.500. The highest BCUT2D eigenvalue weighted by atomic mass is 35.5. The molecule has 4 nitrogen and oxygen atoms in total. The Labute approximate surface area is 118 Å². The molecule has 0 bridgehead atoms. The zero-order valence-corrected chi connectivity index (χ0v) is 12.3. The van der Waals surface area contributed by atoms with Gasteiger partial charge in [0, 0.05) is 19.5 Å². The van der Waals surface area contributed by atoms with Gasteiger partial charge in [-0.1, -0.05) is 12.1 Å². The van der Waals surface area contributed by atoms with E-state index in [1.54, 1.807) is 12.1 Å². The van der Waals surface area contributed by atoms with E-state index in [0.717, 1.165) is 0 Å². The molecule has 1 aromatic carbocycles. The van der Waals surface area contributed by atoms with E-state index in [0.29, 0.717) is 12.3 Å². The van der Waals surface area contributed by atoms with Crippen molar-refractivity contribution < 1.29 is 17.5 Å². The molecule has 0 radical (unpaired) electrons. The molecule has 0 aromatic heterocycles. The largest absolute Gasteiger partial charge is 0.489 e. The average Bonchev–Trinajstić information content (AvgIpc) is 2.38. The molecule has 0 aliphatic heterocycles. The topological polar surface area (TPSA) is 46.6 Å². The highest BCUT2D eigenvalue weighted by Gasteiger charge is 2.17. The first-order valence-electron chi connectivity index (χ1n) is 5.84. The minimum absolute atomic E-state index is 0.00664. The number of rotatable bonds is 8. The summed E-state index contributed by atoms with van der Waals surface area (Å²) in [5, 5.41) is 0. The van der Waals surface area contributed by atoms with Crippen LogP contribution in [0.4, 0.5) is 4.39 Å². The molecule has 1 aromatic rings. The fourth-order valence-corrected chi connectivity index (χ4v) is 2.84. The van der Waals surface area contributed by atoms with E-state index in [2.05, 4.69) is 0 Å². The summed E-state index contributed by atoms with van der Waals surface area (Å²) in [7, 11) is -1.85. The summed E-state index contributed by atoms with van der Waals surface area (Å²) in [5.41, 5.74) is 0. The van der Waals surface area contributed by atoms with Crippen LogP contribution in [-0.4, -0.2) is 44.6 Å². The van der Waals surface area contributed by atoms with E-state index < -0.39 is 15.8 Å². The van der Waals surface area contributed by atoms with Gasteiger partial charge in [-0.05, 0) is 18.6 Å². The predicted molar refractivity (Wildman–Crippen MR) is 73.6 cm³/mol. The van der Waals surface area contributed by atoms with Gasteiger partial charge in [-0.3, -0.25) is 0 Å². The first kappa shape index (κ1) is 16.2. The molecule has 0 saturated carbocycles. The van der Waals surface area contributed by atoms with Crippen LogP contribution in [0.3, 0.4) is 0 Å². The highest BCUT2D eigenvalue weighted by Crippen LogP contribution is 2.15. The van der Waals surface area contributed by atoms with Gasteiger partial charge in [0.15, 0.2) is 11.6 Å². The van der Waals surface area contributed by atoms with E-state index in [-0.39, 0.29) is 24.7 Å². The molecule has 0 aliphatic carbocycles. The van der Waals surface area contributed by atoms with Crippen LogP contribution in [0.1, 0.15) is 6.42 Å². The minimum atomic E-state index is -3.31. The van der Waals surface area contributed by atoms with Crippen LogP contribution in [0.5, 0.6) is 5.75 Å². The Morgan fingerprint density at radius 3 is 2.68 bits per heavy atom. The molecule has 0 N–H and O–H groups in total. The van der Waals surface area contributed by atoms with Crippen molar-refractivity contribution in [3.05, 3.63) is 30.1 Å². The van der Waals surface area contributed by atoms with E-state index in [9.17, 15) is 12.8 Å². The molecule has 0 saturated heterocycles. The van der Waals surface area contributed by atoms with Gasteiger partial charge >= 0.3 is 0 Å². The molecule has 19 heavy (non-hydrogen) atoms. The number of sulfonamides is 1. The smallest absolute Gasteiger partial charge is 0.214 e. The Morgan fingerprint density at radius 1 is 1.37 bits per heavy atom. The van der Waals surface area contributed by atoms with Crippen molar-refractivity contribution in [1.82, 2.24) is 4.31 Å².